The minimum atomic E-state index is -0.566. The van der Waals surface area contributed by atoms with Gasteiger partial charge in [0.1, 0.15) is 0 Å². The van der Waals surface area contributed by atoms with Crippen LogP contribution >= 0.6 is 27.3 Å². The first-order valence-electron chi connectivity index (χ1n) is 4.63. The third kappa shape index (κ3) is 5.10. The lowest BCUT2D eigenvalue weighted by Crippen LogP contribution is -2.26. The van der Waals surface area contributed by atoms with Gasteiger partial charge in [-0.3, -0.25) is 0 Å². The molecular weight excluding hydrogens is 262 g/mol. The van der Waals surface area contributed by atoms with Crippen LogP contribution < -0.4 is 5.32 Å². The van der Waals surface area contributed by atoms with Gasteiger partial charge in [0, 0.05) is 21.3 Å². The Hall–Kier alpha value is 0.1000. The van der Waals surface area contributed by atoms with Crippen LogP contribution in [0.2, 0.25) is 0 Å². The van der Waals surface area contributed by atoms with Crippen molar-refractivity contribution in [3.8, 4) is 0 Å². The Kier molecular flexibility index (Phi) is 4.57. The van der Waals surface area contributed by atoms with Crippen molar-refractivity contribution < 1.29 is 5.11 Å². The van der Waals surface area contributed by atoms with Crippen molar-refractivity contribution in [3.63, 3.8) is 0 Å². The Bertz CT molecular complexity index is 280. The maximum atomic E-state index is 9.47. The van der Waals surface area contributed by atoms with Gasteiger partial charge in [0.05, 0.1) is 5.60 Å². The topological polar surface area (TPSA) is 32.3 Å². The Labute approximate surface area is 97.5 Å². The number of halogens is 1. The molecule has 2 N–H and O–H groups in total. The third-order valence-electron chi connectivity index (χ3n) is 1.83. The minimum absolute atomic E-state index is 0.566. The summed E-state index contributed by atoms with van der Waals surface area (Å²) >= 11 is 5.15. The molecule has 0 aliphatic carbocycles. The van der Waals surface area contributed by atoms with Crippen molar-refractivity contribution in [1.82, 2.24) is 5.32 Å². The lowest BCUT2D eigenvalue weighted by atomic mass is 10.1. The Morgan fingerprint density at radius 3 is 2.79 bits per heavy atom. The lowest BCUT2D eigenvalue weighted by molar-refractivity contribution is 0.0711. The molecule has 1 heterocycles. The highest BCUT2D eigenvalue weighted by Gasteiger charge is 2.10. The number of thiophene rings is 1. The quantitative estimate of drug-likeness (QED) is 0.812. The molecular formula is C10H16BrNOS. The monoisotopic (exact) mass is 277 g/mol. The molecule has 0 aliphatic rings. The van der Waals surface area contributed by atoms with Crippen LogP contribution in [0.3, 0.4) is 0 Å². The van der Waals surface area contributed by atoms with E-state index in [2.05, 4.69) is 32.7 Å². The SMILES string of the molecule is CC(C)(O)CCNCc1cc(Br)cs1. The van der Waals surface area contributed by atoms with E-state index < -0.39 is 5.60 Å². The molecule has 2 nitrogen and oxygen atoms in total. The zero-order valence-electron chi connectivity index (χ0n) is 8.51. The molecule has 0 bridgehead atoms. The van der Waals surface area contributed by atoms with Crippen molar-refractivity contribution in [2.45, 2.75) is 32.4 Å². The van der Waals surface area contributed by atoms with E-state index in [9.17, 15) is 5.11 Å². The van der Waals surface area contributed by atoms with Crippen LogP contribution in [0.1, 0.15) is 25.1 Å². The van der Waals surface area contributed by atoms with E-state index in [-0.39, 0.29) is 0 Å². The lowest BCUT2D eigenvalue weighted by Gasteiger charge is -2.16. The summed E-state index contributed by atoms with van der Waals surface area (Å²) in [7, 11) is 0. The van der Waals surface area contributed by atoms with Crippen molar-refractivity contribution in [3.05, 3.63) is 20.8 Å². The van der Waals surface area contributed by atoms with Crippen LogP contribution in [0, 0.1) is 0 Å². The second kappa shape index (κ2) is 5.26. The Balaban J connectivity index is 2.16. The highest BCUT2D eigenvalue weighted by atomic mass is 79.9. The van der Waals surface area contributed by atoms with Gasteiger partial charge in [-0.15, -0.1) is 11.3 Å². The van der Waals surface area contributed by atoms with E-state index in [0.29, 0.717) is 0 Å². The van der Waals surface area contributed by atoms with Crippen molar-refractivity contribution in [2.24, 2.45) is 0 Å². The Morgan fingerprint density at radius 2 is 2.29 bits per heavy atom. The minimum Gasteiger partial charge on any atom is -0.390 e. The second-order valence-electron chi connectivity index (χ2n) is 3.97. The number of hydrogen-bond donors (Lipinski definition) is 2. The average Bonchev–Trinajstić information content (AvgIpc) is 2.44. The highest BCUT2D eigenvalue weighted by molar-refractivity contribution is 9.10. The van der Waals surface area contributed by atoms with Crippen LogP contribution in [0.5, 0.6) is 0 Å². The summed E-state index contributed by atoms with van der Waals surface area (Å²) < 4.78 is 1.14. The first kappa shape index (κ1) is 12.2. The number of nitrogens with one attached hydrogen (secondary N) is 1. The van der Waals surface area contributed by atoms with Crippen molar-refractivity contribution >= 4 is 27.3 Å². The first-order valence-corrected chi connectivity index (χ1v) is 6.31. The van der Waals surface area contributed by atoms with Crippen molar-refractivity contribution in [2.75, 3.05) is 6.54 Å². The molecule has 1 aromatic rings. The number of aliphatic hydroxyl groups is 1. The van der Waals surface area contributed by atoms with Crippen LogP contribution in [0.25, 0.3) is 0 Å². The number of hydrogen-bond acceptors (Lipinski definition) is 3. The van der Waals surface area contributed by atoms with Crippen molar-refractivity contribution in [1.29, 1.82) is 0 Å². The van der Waals surface area contributed by atoms with E-state index in [0.717, 1.165) is 24.0 Å². The van der Waals surface area contributed by atoms with E-state index in [1.807, 2.05) is 13.8 Å². The van der Waals surface area contributed by atoms with E-state index >= 15 is 0 Å². The fraction of sp³-hybridized carbons (Fsp3) is 0.600. The van der Waals surface area contributed by atoms with Crippen LogP contribution in [0.15, 0.2) is 15.9 Å². The molecule has 14 heavy (non-hydrogen) atoms. The predicted octanol–water partition coefficient (Wildman–Crippen LogP) is 2.76. The normalized spacial score (nSPS) is 12.0. The fourth-order valence-corrected chi connectivity index (χ4v) is 2.47. The molecule has 0 aliphatic heterocycles. The summed E-state index contributed by atoms with van der Waals surface area (Å²) in [5.74, 6) is 0. The van der Waals surface area contributed by atoms with Gasteiger partial charge in [-0.1, -0.05) is 0 Å². The first-order chi connectivity index (χ1) is 6.47. The molecule has 0 unspecified atom stereocenters. The van der Waals surface area contributed by atoms with E-state index in [4.69, 9.17) is 0 Å². The predicted molar refractivity (Wildman–Crippen MR) is 64.6 cm³/mol. The zero-order chi connectivity index (χ0) is 10.6. The van der Waals surface area contributed by atoms with Crippen LogP contribution in [-0.2, 0) is 6.54 Å². The Morgan fingerprint density at radius 1 is 1.57 bits per heavy atom. The fourth-order valence-electron chi connectivity index (χ4n) is 1.05. The van der Waals surface area contributed by atoms with Gasteiger partial charge in [-0.2, -0.15) is 0 Å². The average molecular weight is 278 g/mol. The maximum Gasteiger partial charge on any atom is 0.0603 e. The molecule has 1 aromatic heterocycles. The second-order valence-corrected chi connectivity index (χ2v) is 5.88. The van der Waals surface area contributed by atoms with Gasteiger partial charge in [0.2, 0.25) is 0 Å². The van der Waals surface area contributed by atoms with Gasteiger partial charge in [-0.05, 0) is 48.8 Å². The standard InChI is InChI=1S/C10H16BrNOS/c1-10(2,13)3-4-12-6-9-5-8(11)7-14-9/h5,7,12-13H,3-4,6H2,1-2H3. The summed E-state index contributed by atoms with van der Waals surface area (Å²) in [6, 6.07) is 2.11. The molecule has 0 saturated carbocycles. The molecule has 80 valence electrons. The van der Waals surface area contributed by atoms with E-state index in [1.54, 1.807) is 11.3 Å². The van der Waals surface area contributed by atoms with Gasteiger partial charge >= 0.3 is 0 Å². The molecule has 1 rings (SSSR count). The summed E-state index contributed by atoms with van der Waals surface area (Å²) in [5.41, 5.74) is -0.566. The highest BCUT2D eigenvalue weighted by Crippen LogP contribution is 2.19. The summed E-state index contributed by atoms with van der Waals surface area (Å²) in [5, 5.41) is 14.9. The van der Waals surface area contributed by atoms with E-state index in [1.165, 1.54) is 4.88 Å². The summed E-state index contributed by atoms with van der Waals surface area (Å²) in [6.07, 6.45) is 0.777. The largest absolute Gasteiger partial charge is 0.390 e. The smallest absolute Gasteiger partial charge is 0.0603 e. The van der Waals surface area contributed by atoms with Gasteiger partial charge in [0.15, 0.2) is 0 Å². The van der Waals surface area contributed by atoms with Crippen LogP contribution in [0.4, 0.5) is 0 Å². The molecule has 0 spiro atoms. The molecule has 0 amide bonds. The molecule has 0 aromatic carbocycles. The molecule has 0 radical (unpaired) electrons. The number of rotatable bonds is 5. The third-order valence-corrected chi connectivity index (χ3v) is 3.53. The zero-order valence-corrected chi connectivity index (χ0v) is 10.9. The molecule has 0 fully saturated rings. The molecule has 0 atom stereocenters. The summed E-state index contributed by atoms with van der Waals surface area (Å²) in [4.78, 5) is 1.31. The van der Waals surface area contributed by atoms with Crippen LogP contribution in [-0.4, -0.2) is 17.3 Å². The van der Waals surface area contributed by atoms with Gasteiger partial charge in [-0.25, -0.2) is 0 Å². The summed E-state index contributed by atoms with van der Waals surface area (Å²) in [6.45, 7) is 5.39. The molecule has 0 saturated heterocycles. The van der Waals surface area contributed by atoms with Gasteiger partial charge < -0.3 is 10.4 Å². The van der Waals surface area contributed by atoms with Gasteiger partial charge in [0.25, 0.3) is 0 Å². The maximum absolute atomic E-state index is 9.47. The molecule has 4 heteroatoms.